The van der Waals surface area contributed by atoms with Crippen LogP contribution in [0.3, 0.4) is 0 Å². The van der Waals surface area contributed by atoms with E-state index in [1.807, 2.05) is 6.26 Å². The van der Waals surface area contributed by atoms with Crippen LogP contribution in [0, 0.1) is 5.92 Å². The summed E-state index contributed by atoms with van der Waals surface area (Å²) in [6.45, 7) is 0.692. The minimum atomic E-state index is -0.713. The van der Waals surface area contributed by atoms with Gasteiger partial charge in [0.1, 0.15) is 0 Å². The third-order valence-corrected chi connectivity index (χ3v) is 3.92. The summed E-state index contributed by atoms with van der Waals surface area (Å²) in [5.41, 5.74) is 0. The Kier molecular flexibility index (Phi) is 6.93. The predicted molar refractivity (Wildman–Crippen MR) is 72.9 cm³/mol. The van der Waals surface area contributed by atoms with Crippen molar-refractivity contribution in [3.05, 3.63) is 0 Å². The van der Waals surface area contributed by atoms with Crippen LogP contribution >= 0.6 is 11.8 Å². The van der Waals surface area contributed by atoms with Gasteiger partial charge in [0.05, 0.1) is 5.92 Å². The molecule has 0 aromatic heterocycles. The number of nitrogens with one attached hydrogen (secondary N) is 2. The molecule has 1 rings (SSSR count). The van der Waals surface area contributed by atoms with Gasteiger partial charge in [-0.05, 0) is 44.1 Å². The fourth-order valence-corrected chi connectivity index (χ4v) is 2.57. The summed E-state index contributed by atoms with van der Waals surface area (Å²) in [5.74, 6) is 0.104. The van der Waals surface area contributed by atoms with Crippen molar-refractivity contribution in [2.45, 2.75) is 38.1 Å². The van der Waals surface area contributed by atoms with Crippen LogP contribution < -0.4 is 10.6 Å². The van der Waals surface area contributed by atoms with Gasteiger partial charge in [-0.3, -0.25) is 4.79 Å². The summed E-state index contributed by atoms with van der Waals surface area (Å²) < 4.78 is 0. The van der Waals surface area contributed by atoms with E-state index in [4.69, 9.17) is 5.11 Å². The fourth-order valence-electron chi connectivity index (χ4n) is 2.14. The molecule has 0 aromatic rings. The van der Waals surface area contributed by atoms with Gasteiger partial charge in [-0.15, -0.1) is 0 Å². The Hall–Kier alpha value is -0.910. The van der Waals surface area contributed by atoms with Crippen molar-refractivity contribution < 1.29 is 14.7 Å². The third-order valence-electron chi connectivity index (χ3n) is 3.22. The average molecular weight is 274 g/mol. The third kappa shape index (κ3) is 5.62. The summed E-state index contributed by atoms with van der Waals surface area (Å²) >= 11 is 1.76. The monoisotopic (exact) mass is 274 g/mol. The number of aliphatic carboxylic acids is 1. The summed E-state index contributed by atoms with van der Waals surface area (Å²) in [4.78, 5) is 22.3. The molecule has 0 spiro atoms. The molecule has 104 valence electrons. The Morgan fingerprint density at radius 3 is 2.50 bits per heavy atom. The van der Waals surface area contributed by atoms with E-state index in [1.165, 1.54) is 0 Å². The normalized spacial score (nSPS) is 23.4. The number of carbonyl (C=O) groups excluding carboxylic acids is 1. The number of amides is 2. The van der Waals surface area contributed by atoms with Crippen molar-refractivity contribution >= 4 is 23.8 Å². The Morgan fingerprint density at radius 2 is 1.94 bits per heavy atom. The van der Waals surface area contributed by atoms with E-state index in [-0.39, 0.29) is 18.0 Å². The summed E-state index contributed by atoms with van der Waals surface area (Å²) in [6.07, 6.45) is 5.85. The first-order valence-corrected chi connectivity index (χ1v) is 7.79. The molecule has 0 atom stereocenters. The van der Waals surface area contributed by atoms with Crippen LogP contribution in [-0.4, -0.2) is 41.7 Å². The van der Waals surface area contributed by atoms with Gasteiger partial charge in [-0.25, -0.2) is 4.79 Å². The molecule has 1 fully saturated rings. The predicted octanol–water partition coefficient (Wildman–Crippen LogP) is 1.68. The maximum atomic E-state index is 11.5. The van der Waals surface area contributed by atoms with E-state index in [2.05, 4.69) is 10.6 Å². The molecule has 0 heterocycles. The van der Waals surface area contributed by atoms with E-state index in [0.29, 0.717) is 19.4 Å². The van der Waals surface area contributed by atoms with Gasteiger partial charge in [0.25, 0.3) is 0 Å². The molecule has 0 aliphatic heterocycles. The summed E-state index contributed by atoms with van der Waals surface area (Å²) in [7, 11) is 0. The molecule has 1 saturated carbocycles. The highest BCUT2D eigenvalue weighted by molar-refractivity contribution is 7.98. The molecular formula is C12H22N2O3S. The van der Waals surface area contributed by atoms with Gasteiger partial charge in [0.15, 0.2) is 0 Å². The molecule has 0 bridgehead atoms. The molecular weight excluding hydrogens is 252 g/mol. The number of thioether (sulfide) groups is 1. The molecule has 0 saturated heterocycles. The number of carboxylic acid groups (broad SMARTS) is 1. The Morgan fingerprint density at radius 1 is 1.28 bits per heavy atom. The zero-order valence-electron chi connectivity index (χ0n) is 10.8. The Balaban J connectivity index is 2.12. The minimum Gasteiger partial charge on any atom is -0.481 e. The molecule has 3 N–H and O–H groups in total. The molecule has 2 amide bonds. The van der Waals surface area contributed by atoms with Crippen LogP contribution in [-0.2, 0) is 4.79 Å². The maximum Gasteiger partial charge on any atom is 0.315 e. The van der Waals surface area contributed by atoms with E-state index >= 15 is 0 Å². The number of rotatable bonds is 6. The van der Waals surface area contributed by atoms with Crippen molar-refractivity contribution in [2.24, 2.45) is 5.92 Å². The number of carbonyl (C=O) groups is 2. The highest BCUT2D eigenvalue weighted by Gasteiger charge is 2.26. The topological polar surface area (TPSA) is 78.4 Å². The quantitative estimate of drug-likeness (QED) is 0.644. The zero-order valence-corrected chi connectivity index (χ0v) is 11.6. The zero-order chi connectivity index (χ0) is 13.4. The second kappa shape index (κ2) is 8.24. The van der Waals surface area contributed by atoms with Gasteiger partial charge in [-0.1, -0.05) is 0 Å². The van der Waals surface area contributed by atoms with Crippen molar-refractivity contribution in [3.63, 3.8) is 0 Å². The lowest BCUT2D eigenvalue weighted by atomic mass is 9.86. The molecule has 0 unspecified atom stereocenters. The molecule has 1 aliphatic carbocycles. The van der Waals surface area contributed by atoms with Gasteiger partial charge in [-0.2, -0.15) is 11.8 Å². The highest BCUT2D eigenvalue weighted by atomic mass is 32.2. The summed E-state index contributed by atoms with van der Waals surface area (Å²) in [6, 6.07) is -0.00368. The van der Waals surface area contributed by atoms with Crippen molar-refractivity contribution in [2.75, 3.05) is 18.6 Å². The van der Waals surface area contributed by atoms with E-state index < -0.39 is 5.97 Å². The van der Waals surface area contributed by atoms with Crippen LogP contribution in [0.2, 0.25) is 0 Å². The second-order valence-corrected chi connectivity index (χ2v) is 5.62. The number of hydrogen-bond donors (Lipinski definition) is 3. The van der Waals surface area contributed by atoms with E-state index in [1.54, 1.807) is 11.8 Å². The smallest absolute Gasteiger partial charge is 0.315 e. The number of hydrogen-bond acceptors (Lipinski definition) is 3. The molecule has 18 heavy (non-hydrogen) atoms. The largest absolute Gasteiger partial charge is 0.481 e. The molecule has 0 radical (unpaired) electrons. The first-order chi connectivity index (χ1) is 8.63. The molecule has 5 nitrogen and oxygen atoms in total. The van der Waals surface area contributed by atoms with Crippen molar-refractivity contribution in [1.29, 1.82) is 0 Å². The van der Waals surface area contributed by atoms with Gasteiger partial charge in [0.2, 0.25) is 0 Å². The summed E-state index contributed by atoms with van der Waals surface area (Å²) in [5, 5.41) is 14.6. The van der Waals surface area contributed by atoms with Crippen LogP contribution in [0.1, 0.15) is 32.1 Å². The molecule has 0 aromatic carbocycles. The lowest BCUT2D eigenvalue weighted by Gasteiger charge is -2.26. The van der Waals surface area contributed by atoms with Gasteiger partial charge >= 0.3 is 12.0 Å². The second-order valence-electron chi connectivity index (χ2n) is 4.63. The Bertz CT molecular complexity index is 278. The first-order valence-electron chi connectivity index (χ1n) is 6.39. The molecule has 1 aliphatic rings. The highest BCUT2D eigenvalue weighted by Crippen LogP contribution is 2.24. The molecule has 6 heteroatoms. The SMILES string of the molecule is CSCCCNC(=O)NC1CCC(C(=O)O)CC1. The van der Waals surface area contributed by atoms with E-state index in [0.717, 1.165) is 25.0 Å². The fraction of sp³-hybridized carbons (Fsp3) is 0.833. The maximum absolute atomic E-state index is 11.5. The lowest BCUT2D eigenvalue weighted by Crippen LogP contribution is -2.44. The van der Waals surface area contributed by atoms with Gasteiger partial charge < -0.3 is 15.7 Å². The van der Waals surface area contributed by atoms with Crippen molar-refractivity contribution in [3.8, 4) is 0 Å². The number of carboxylic acids is 1. The lowest BCUT2D eigenvalue weighted by molar-refractivity contribution is -0.142. The average Bonchev–Trinajstić information content (AvgIpc) is 2.35. The van der Waals surface area contributed by atoms with E-state index in [9.17, 15) is 9.59 Å². The Labute approximate surface area is 112 Å². The van der Waals surface area contributed by atoms with Crippen LogP contribution in [0.15, 0.2) is 0 Å². The van der Waals surface area contributed by atoms with Crippen LogP contribution in [0.4, 0.5) is 4.79 Å². The number of urea groups is 1. The van der Waals surface area contributed by atoms with Crippen molar-refractivity contribution in [1.82, 2.24) is 10.6 Å². The van der Waals surface area contributed by atoms with Gasteiger partial charge in [0, 0.05) is 12.6 Å². The van der Waals surface area contributed by atoms with Crippen LogP contribution in [0.25, 0.3) is 0 Å². The minimum absolute atomic E-state index is 0.126. The van der Waals surface area contributed by atoms with Crippen LogP contribution in [0.5, 0.6) is 0 Å². The first kappa shape index (κ1) is 15.1. The standard InChI is InChI=1S/C12H22N2O3S/c1-18-8-2-7-13-12(17)14-10-5-3-9(4-6-10)11(15)16/h9-10H,2-8H2,1H3,(H,15,16)(H2,13,14,17).